The normalized spacial score (nSPS) is 12.5. The van der Waals surface area contributed by atoms with E-state index in [4.69, 9.17) is 10.5 Å². The van der Waals surface area contributed by atoms with Crippen LogP contribution in [-0.2, 0) is 9.53 Å². The van der Waals surface area contributed by atoms with Crippen LogP contribution in [-0.4, -0.2) is 22.9 Å². The Morgan fingerprint density at radius 1 is 1.05 bits per heavy atom. The first kappa shape index (κ1) is 27.9. The third kappa shape index (κ3) is 7.92. The number of ketones is 1. The molecule has 0 radical (unpaired) electrons. The summed E-state index contributed by atoms with van der Waals surface area (Å²) in [7, 11) is 0. The minimum Gasteiger partial charge on any atom is -0.505 e. The SMILES string of the molecule is CC(=O)c1ccc(NC(=O)O[C@H](c2ccc(O)c(F)c2)[C@H](C)CC/C=C/C(=O)Nc2ccccc2N)cc1. The smallest absolute Gasteiger partial charge is 0.412 e. The number of phenolic OH excluding ortho intramolecular Hbond substituents is 1. The largest absolute Gasteiger partial charge is 0.505 e. The van der Waals surface area contributed by atoms with E-state index < -0.39 is 23.8 Å². The van der Waals surface area contributed by atoms with E-state index in [-0.39, 0.29) is 17.6 Å². The van der Waals surface area contributed by atoms with E-state index in [9.17, 15) is 23.9 Å². The van der Waals surface area contributed by atoms with Crippen LogP contribution >= 0.6 is 0 Å². The molecule has 0 bridgehead atoms. The second-order valence-electron chi connectivity index (χ2n) is 8.83. The zero-order valence-corrected chi connectivity index (χ0v) is 21.1. The minimum absolute atomic E-state index is 0.0990. The van der Waals surface area contributed by atoms with Gasteiger partial charge in [-0.15, -0.1) is 0 Å². The number of hydrogen-bond acceptors (Lipinski definition) is 6. The molecule has 0 heterocycles. The molecule has 0 aliphatic rings. The predicted octanol–water partition coefficient (Wildman–Crippen LogP) is 6.22. The lowest BCUT2D eigenvalue weighted by molar-refractivity contribution is -0.111. The minimum atomic E-state index is -0.840. The topological polar surface area (TPSA) is 131 Å². The number of Topliss-reactive ketones (excluding diaryl/α,β-unsaturated/α-hetero) is 1. The molecule has 198 valence electrons. The van der Waals surface area contributed by atoms with Gasteiger partial charge >= 0.3 is 6.09 Å². The summed E-state index contributed by atoms with van der Waals surface area (Å²) in [6.45, 7) is 3.28. The van der Waals surface area contributed by atoms with Crippen LogP contribution in [0.2, 0.25) is 0 Å². The molecule has 0 aromatic heterocycles. The van der Waals surface area contributed by atoms with Gasteiger partial charge in [-0.1, -0.05) is 31.2 Å². The summed E-state index contributed by atoms with van der Waals surface area (Å²) in [5.74, 6) is -2.05. The lowest BCUT2D eigenvalue weighted by atomic mass is 9.93. The number of phenols is 1. The average molecular weight is 520 g/mol. The Kier molecular flexibility index (Phi) is 9.59. The lowest BCUT2D eigenvalue weighted by Crippen LogP contribution is -2.22. The van der Waals surface area contributed by atoms with Crippen molar-refractivity contribution >= 4 is 34.8 Å². The fraction of sp³-hybridized carbons (Fsp3) is 0.207. The molecule has 0 saturated heterocycles. The van der Waals surface area contributed by atoms with Crippen molar-refractivity contribution in [2.45, 2.75) is 32.8 Å². The molecule has 3 rings (SSSR count). The molecule has 5 N–H and O–H groups in total. The van der Waals surface area contributed by atoms with Crippen molar-refractivity contribution in [2.24, 2.45) is 5.92 Å². The second-order valence-corrected chi connectivity index (χ2v) is 8.83. The Balaban J connectivity index is 1.64. The quantitative estimate of drug-likeness (QED) is 0.143. The van der Waals surface area contributed by atoms with Crippen LogP contribution in [0, 0.1) is 11.7 Å². The van der Waals surface area contributed by atoms with Gasteiger partial charge in [0, 0.05) is 11.3 Å². The fourth-order valence-electron chi connectivity index (χ4n) is 3.75. The Bertz CT molecular complexity index is 1320. The van der Waals surface area contributed by atoms with Crippen LogP contribution in [0.3, 0.4) is 0 Å². The van der Waals surface area contributed by atoms with Gasteiger partial charge in [0.2, 0.25) is 5.91 Å². The maximum atomic E-state index is 14.1. The summed E-state index contributed by atoms with van der Waals surface area (Å²) in [5, 5.41) is 14.9. The number of anilines is 3. The Labute approximate surface area is 220 Å². The van der Waals surface area contributed by atoms with Gasteiger partial charge in [-0.3, -0.25) is 14.9 Å². The molecular formula is C29H30FN3O5. The first-order valence-corrected chi connectivity index (χ1v) is 12.0. The highest BCUT2D eigenvalue weighted by Gasteiger charge is 2.24. The average Bonchev–Trinajstić information content (AvgIpc) is 2.88. The summed E-state index contributed by atoms with van der Waals surface area (Å²) in [5.41, 5.74) is 8.11. The first-order valence-electron chi connectivity index (χ1n) is 12.0. The van der Waals surface area contributed by atoms with E-state index in [2.05, 4.69) is 10.6 Å². The van der Waals surface area contributed by atoms with Gasteiger partial charge < -0.3 is 20.9 Å². The molecule has 3 aromatic carbocycles. The Morgan fingerprint density at radius 2 is 1.76 bits per heavy atom. The molecule has 0 spiro atoms. The van der Waals surface area contributed by atoms with E-state index in [0.29, 0.717) is 41.0 Å². The monoisotopic (exact) mass is 519 g/mol. The second kappa shape index (κ2) is 13.0. The van der Waals surface area contributed by atoms with Crippen LogP contribution in [0.4, 0.5) is 26.2 Å². The van der Waals surface area contributed by atoms with Crippen molar-refractivity contribution < 1.29 is 28.6 Å². The van der Waals surface area contributed by atoms with E-state index in [1.807, 2.05) is 6.92 Å². The number of para-hydroxylation sites is 2. The molecule has 2 amide bonds. The van der Waals surface area contributed by atoms with Crippen LogP contribution in [0.25, 0.3) is 0 Å². The van der Waals surface area contributed by atoms with Crippen LogP contribution in [0.5, 0.6) is 5.75 Å². The maximum Gasteiger partial charge on any atom is 0.412 e. The van der Waals surface area contributed by atoms with E-state index in [0.717, 1.165) is 6.07 Å². The van der Waals surface area contributed by atoms with Crippen LogP contribution in [0.15, 0.2) is 78.9 Å². The number of rotatable bonds is 10. The van der Waals surface area contributed by atoms with Gasteiger partial charge in [0.1, 0.15) is 6.10 Å². The van der Waals surface area contributed by atoms with Crippen molar-refractivity contribution in [3.05, 3.63) is 95.8 Å². The number of allylic oxidation sites excluding steroid dienone is 1. The summed E-state index contributed by atoms with van der Waals surface area (Å²) in [6, 6.07) is 17.1. The number of carbonyl (C=O) groups excluding carboxylic acids is 3. The van der Waals surface area contributed by atoms with Crippen molar-refractivity contribution in [2.75, 3.05) is 16.4 Å². The number of halogens is 1. The van der Waals surface area contributed by atoms with Crippen LogP contribution < -0.4 is 16.4 Å². The fourth-order valence-corrected chi connectivity index (χ4v) is 3.75. The maximum absolute atomic E-state index is 14.1. The summed E-state index contributed by atoms with van der Waals surface area (Å²) in [4.78, 5) is 36.3. The van der Waals surface area contributed by atoms with Gasteiger partial charge in [0.25, 0.3) is 0 Å². The molecule has 0 saturated carbocycles. The summed E-state index contributed by atoms with van der Waals surface area (Å²) in [6.07, 6.45) is 2.47. The van der Waals surface area contributed by atoms with Crippen molar-refractivity contribution in [1.82, 2.24) is 0 Å². The number of nitrogen functional groups attached to an aromatic ring is 1. The van der Waals surface area contributed by atoms with Crippen molar-refractivity contribution in [3.8, 4) is 5.75 Å². The molecule has 8 nitrogen and oxygen atoms in total. The molecular weight excluding hydrogens is 489 g/mol. The predicted molar refractivity (Wildman–Crippen MR) is 144 cm³/mol. The molecule has 0 aliphatic heterocycles. The third-order valence-corrected chi connectivity index (χ3v) is 5.87. The number of amides is 2. The highest BCUT2D eigenvalue weighted by Crippen LogP contribution is 2.32. The highest BCUT2D eigenvalue weighted by molar-refractivity contribution is 6.01. The van der Waals surface area contributed by atoms with E-state index >= 15 is 0 Å². The molecule has 9 heteroatoms. The number of nitrogens with two attached hydrogens (primary N) is 1. The Morgan fingerprint density at radius 3 is 2.42 bits per heavy atom. The number of aromatic hydroxyl groups is 1. The van der Waals surface area contributed by atoms with Gasteiger partial charge in [-0.2, -0.15) is 0 Å². The highest BCUT2D eigenvalue weighted by atomic mass is 19.1. The number of hydrogen-bond donors (Lipinski definition) is 4. The van der Waals surface area contributed by atoms with Crippen LogP contribution in [0.1, 0.15) is 48.7 Å². The first-order chi connectivity index (χ1) is 18.1. The van der Waals surface area contributed by atoms with Gasteiger partial charge in [0.05, 0.1) is 11.4 Å². The zero-order valence-electron chi connectivity index (χ0n) is 21.1. The number of ether oxygens (including phenoxy) is 1. The van der Waals surface area contributed by atoms with Crippen molar-refractivity contribution in [1.29, 1.82) is 0 Å². The van der Waals surface area contributed by atoms with Crippen molar-refractivity contribution in [3.63, 3.8) is 0 Å². The summed E-state index contributed by atoms with van der Waals surface area (Å²) < 4.78 is 19.8. The lowest BCUT2D eigenvalue weighted by Gasteiger charge is -2.25. The number of nitrogens with one attached hydrogen (secondary N) is 2. The standard InChI is InChI=1S/C29H30FN3O5/c1-18(7-3-6-10-27(36)33-25-9-5-4-8-24(25)31)28(21-13-16-26(35)23(30)17-21)38-29(37)32-22-14-11-20(12-15-22)19(2)34/h4-6,8-18,28,35H,3,7,31H2,1-2H3,(H,32,37)(H,33,36)/b10-6+/t18-,28+/m1/s1. The molecule has 2 atom stereocenters. The molecule has 0 aliphatic carbocycles. The molecule has 38 heavy (non-hydrogen) atoms. The van der Waals surface area contributed by atoms with E-state index in [1.54, 1.807) is 54.6 Å². The third-order valence-electron chi connectivity index (χ3n) is 5.87. The Hall–Kier alpha value is -4.66. The van der Waals surface area contributed by atoms with Gasteiger partial charge in [-0.05, 0) is 85.9 Å². The molecule has 3 aromatic rings. The molecule has 0 fully saturated rings. The number of carbonyl (C=O) groups is 3. The summed E-state index contributed by atoms with van der Waals surface area (Å²) >= 11 is 0. The number of benzene rings is 3. The van der Waals surface area contributed by atoms with Gasteiger partial charge in [-0.25, -0.2) is 9.18 Å². The molecule has 0 unspecified atom stereocenters. The zero-order chi connectivity index (χ0) is 27.7. The van der Waals surface area contributed by atoms with E-state index in [1.165, 1.54) is 25.1 Å². The van der Waals surface area contributed by atoms with Gasteiger partial charge in [0.15, 0.2) is 17.3 Å².